The van der Waals surface area contributed by atoms with E-state index >= 15 is 0 Å². The van der Waals surface area contributed by atoms with Gasteiger partial charge in [0.25, 0.3) is 0 Å². The summed E-state index contributed by atoms with van der Waals surface area (Å²) in [5.41, 5.74) is 1.25. The fourth-order valence-electron chi connectivity index (χ4n) is 1.86. The number of carbonyl (C=O) groups is 1. The predicted octanol–water partition coefficient (Wildman–Crippen LogP) is 0.571. The Balaban J connectivity index is 2.31. The number of imidazole rings is 1. The van der Waals surface area contributed by atoms with Crippen LogP contribution in [-0.4, -0.2) is 33.0 Å². The molecule has 2 rings (SSSR count). The van der Waals surface area contributed by atoms with E-state index in [1.54, 1.807) is 13.3 Å². The lowest BCUT2D eigenvalue weighted by atomic mass is 10.2. The molecule has 0 spiro atoms. The molecule has 0 radical (unpaired) electrons. The molecule has 1 aliphatic rings. The smallest absolute Gasteiger partial charge is 0.362 e. The fraction of sp³-hybridized carbons (Fsp3) is 0.500. The highest BCUT2D eigenvalue weighted by molar-refractivity contribution is 6.42. The van der Waals surface area contributed by atoms with Crippen LogP contribution in [0.4, 0.5) is 0 Å². The predicted molar refractivity (Wildman–Crippen MR) is 55.5 cm³/mol. The van der Waals surface area contributed by atoms with Crippen molar-refractivity contribution >= 4 is 11.7 Å². The maximum absolute atomic E-state index is 11.5. The van der Waals surface area contributed by atoms with E-state index in [-0.39, 0.29) is 12.3 Å². The minimum atomic E-state index is -0.640. The molecule has 2 heterocycles. The SMILES string of the molecule is CCOC(=O)/C(=N/O)c1ncn2c1CCC2. The van der Waals surface area contributed by atoms with Crippen LogP contribution in [0.1, 0.15) is 24.7 Å². The topological polar surface area (TPSA) is 76.7 Å². The van der Waals surface area contributed by atoms with Crippen molar-refractivity contribution in [2.24, 2.45) is 5.16 Å². The Morgan fingerprint density at radius 2 is 2.56 bits per heavy atom. The normalized spacial score (nSPS) is 14.9. The maximum Gasteiger partial charge on any atom is 0.362 e. The van der Waals surface area contributed by atoms with Crippen LogP contribution in [0.3, 0.4) is 0 Å². The van der Waals surface area contributed by atoms with Gasteiger partial charge in [-0.3, -0.25) is 0 Å². The second-order valence-electron chi connectivity index (χ2n) is 3.51. The first-order chi connectivity index (χ1) is 7.77. The quantitative estimate of drug-likeness (QED) is 0.352. The van der Waals surface area contributed by atoms with Crippen molar-refractivity contribution in [3.63, 3.8) is 0 Å². The first kappa shape index (κ1) is 10.7. The number of fused-ring (bicyclic) bond motifs is 1. The van der Waals surface area contributed by atoms with Crippen LogP contribution in [-0.2, 0) is 22.5 Å². The molecule has 16 heavy (non-hydrogen) atoms. The van der Waals surface area contributed by atoms with Crippen molar-refractivity contribution in [1.82, 2.24) is 9.55 Å². The van der Waals surface area contributed by atoms with E-state index in [2.05, 4.69) is 10.1 Å². The van der Waals surface area contributed by atoms with Crippen LogP contribution in [0.2, 0.25) is 0 Å². The number of rotatable bonds is 3. The van der Waals surface area contributed by atoms with Gasteiger partial charge in [0.05, 0.1) is 12.9 Å². The van der Waals surface area contributed by atoms with Gasteiger partial charge in [-0.05, 0) is 19.8 Å². The summed E-state index contributed by atoms with van der Waals surface area (Å²) in [5.74, 6) is -0.640. The minimum Gasteiger partial charge on any atom is -0.461 e. The highest BCUT2D eigenvalue weighted by Crippen LogP contribution is 2.18. The molecule has 6 heteroatoms. The average Bonchev–Trinajstić information content (AvgIpc) is 2.83. The van der Waals surface area contributed by atoms with Crippen molar-refractivity contribution in [1.29, 1.82) is 0 Å². The van der Waals surface area contributed by atoms with Crippen molar-refractivity contribution in [3.8, 4) is 0 Å². The number of nitrogens with zero attached hydrogens (tertiary/aromatic N) is 3. The lowest BCUT2D eigenvalue weighted by Gasteiger charge is -2.02. The largest absolute Gasteiger partial charge is 0.461 e. The third-order valence-corrected chi connectivity index (χ3v) is 2.55. The van der Waals surface area contributed by atoms with Gasteiger partial charge in [-0.2, -0.15) is 0 Å². The number of oxime groups is 1. The Morgan fingerprint density at radius 1 is 1.75 bits per heavy atom. The van der Waals surface area contributed by atoms with E-state index in [9.17, 15) is 4.79 Å². The van der Waals surface area contributed by atoms with Gasteiger partial charge in [0.15, 0.2) is 0 Å². The number of aromatic nitrogens is 2. The molecule has 1 N–H and O–H groups in total. The molecule has 0 saturated carbocycles. The summed E-state index contributed by atoms with van der Waals surface area (Å²) in [6, 6.07) is 0. The monoisotopic (exact) mass is 223 g/mol. The summed E-state index contributed by atoms with van der Waals surface area (Å²) in [6.07, 6.45) is 3.52. The zero-order chi connectivity index (χ0) is 11.5. The Bertz CT molecular complexity index is 437. The number of aryl methyl sites for hydroxylation is 1. The van der Waals surface area contributed by atoms with Gasteiger partial charge in [-0.1, -0.05) is 5.16 Å². The Kier molecular flexibility index (Phi) is 2.89. The van der Waals surface area contributed by atoms with Gasteiger partial charge < -0.3 is 14.5 Å². The molecule has 1 aromatic rings. The third kappa shape index (κ3) is 1.66. The van der Waals surface area contributed by atoms with Crippen LogP contribution in [0.15, 0.2) is 11.5 Å². The molecule has 0 fully saturated rings. The van der Waals surface area contributed by atoms with Crippen LogP contribution < -0.4 is 0 Å². The summed E-state index contributed by atoms with van der Waals surface area (Å²) in [4.78, 5) is 15.6. The molecule has 0 amide bonds. The van der Waals surface area contributed by atoms with Crippen molar-refractivity contribution in [3.05, 3.63) is 17.7 Å². The molecule has 6 nitrogen and oxygen atoms in total. The van der Waals surface area contributed by atoms with Gasteiger partial charge in [-0.15, -0.1) is 0 Å². The first-order valence-electron chi connectivity index (χ1n) is 5.21. The number of hydrogen-bond donors (Lipinski definition) is 1. The molecule has 0 unspecified atom stereocenters. The lowest BCUT2D eigenvalue weighted by Crippen LogP contribution is -2.20. The standard InChI is InChI=1S/C10H13N3O3/c1-2-16-10(14)9(12-15)8-7-4-3-5-13(7)6-11-8/h6,15H,2-5H2,1H3/b12-9+. The highest BCUT2D eigenvalue weighted by Gasteiger charge is 2.25. The van der Waals surface area contributed by atoms with Gasteiger partial charge >= 0.3 is 5.97 Å². The van der Waals surface area contributed by atoms with Crippen molar-refractivity contribution in [2.75, 3.05) is 6.61 Å². The van der Waals surface area contributed by atoms with E-state index in [1.165, 1.54) is 0 Å². The molecule has 0 saturated heterocycles. The molecule has 0 aromatic carbocycles. The van der Waals surface area contributed by atoms with Gasteiger partial charge in [0, 0.05) is 12.2 Å². The van der Waals surface area contributed by atoms with Crippen LogP contribution >= 0.6 is 0 Å². The third-order valence-electron chi connectivity index (χ3n) is 2.55. The van der Waals surface area contributed by atoms with E-state index in [0.29, 0.717) is 5.69 Å². The number of carbonyl (C=O) groups excluding carboxylic acids is 1. The minimum absolute atomic E-state index is 0.113. The zero-order valence-electron chi connectivity index (χ0n) is 9.01. The molecule has 0 bridgehead atoms. The summed E-state index contributed by atoms with van der Waals surface area (Å²) < 4.78 is 6.76. The summed E-state index contributed by atoms with van der Waals surface area (Å²) >= 11 is 0. The van der Waals surface area contributed by atoms with E-state index < -0.39 is 5.97 Å². The average molecular weight is 223 g/mol. The number of esters is 1. The van der Waals surface area contributed by atoms with Gasteiger partial charge in [0.2, 0.25) is 5.71 Å². The van der Waals surface area contributed by atoms with Crippen LogP contribution in [0.25, 0.3) is 0 Å². The van der Waals surface area contributed by atoms with E-state index in [1.807, 2.05) is 4.57 Å². The Morgan fingerprint density at radius 3 is 3.25 bits per heavy atom. The number of hydrogen-bond acceptors (Lipinski definition) is 5. The van der Waals surface area contributed by atoms with Gasteiger partial charge in [-0.25, -0.2) is 9.78 Å². The molecular weight excluding hydrogens is 210 g/mol. The van der Waals surface area contributed by atoms with Crippen LogP contribution in [0, 0.1) is 0 Å². The van der Waals surface area contributed by atoms with Crippen molar-refractivity contribution in [2.45, 2.75) is 26.3 Å². The molecular formula is C10H13N3O3. The molecule has 0 atom stereocenters. The Labute approximate surface area is 92.5 Å². The maximum atomic E-state index is 11.5. The summed E-state index contributed by atoms with van der Waals surface area (Å²) in [7, 11) is 0. The zero-order valence-corrected chi connectivity index (χ0v) is 9.01. The van der Waals surface area contributed by atoms with Crippen molar-refractivity contribution < 1.29 is 14.7 Å². The van der Waals surface area contributed by atoms with E-state index in [4.69, 9.17) is 9.94 Å². The van der Waals surface area contributed by atoms with E-state index in [0.717, 1.165) is 25.1 Å². The highest BCUT2D eigenvalue weighted by atomic mass is 16.5. The molecule has 0 aliphatic carbocycles. The second kappa shape index (κ2) is 4.34. The molecule has 86 valence electrons. The summed E-state index contributed by atoms with van der Waals surface area (Å²) in [6.45, 7) is 2.84. The van der Waals surface area contributed by atoms with Crippen LogP contribution in [0.5, 0.6) is 0 Å². The Hall–Kier alpha value is -1.85. The molecule has 1 aliphatic heterocycles. The van der Waals surface area contributed by atoms with Gasteiger partial charge in [0.1, 0.15) is 5.69 Å². The fourth-order valence-corrected chi connectivity index (χ4v) is 1.86. The number of ether oxygens (including phenoxy) is 1. The lowest BCUT2D eigenvalue weighted by molar-refractivity contribution is -0.135. The second-order valence-corrected chi connectivity index (χ2v) is 3.51. The summed E-state index contributed by atoms with van der Waals surface area (Å²) in [5, 5.41) is 11.9. The first-order valence-corrected chi connectivity index (χ1v) is 5.21. The molecule has 1 aromatic heterocycles.